The van der Waals surface area contributed by atoms with Crippen LogP contribution in [-0.4, -0.2) is 24.5 Å². The maximum Gasteiger partial charge on any atom is 0.0670 e. The molecule has 1 heterocycles. The van der Waals surface area contributed by atoms with Gasteiger partial charge in [-0.3, -0.25) is 4.90 Å². The number of rotatable bonds is 4. The van der Waals surface area contributed by atoms with Gasteiger partial charge < -0.3 is 4.90 Å². The second-order valence-electron chi connectivity index (χ2n) is 8.09. The molecule has 1 aliphatic rings. The monoisotopic (exact) mass is 458 g/mol. The third-order valence-corrected chi connectivity index (χ3v) is 6.41. The maximum absolute atomic E-state index is 6.59. The molecule has 156 valence electrons. The fourth-order valence-corrected chi connectivity index (χ4v) is 5.05. The van der Waals surface area contributed by atoms with E-state index in [4.69, 9.17) is 34.8 Å². The van der Waals surface area contributed by atoms with Crippen LogP contribution < -0.4 is 4.90 Å². The Kier molecular flexibility index (Phi) is 6.60. The van der Waals surface area contributed by atoms with Crippen LogP contribution >= 0.6 is 34.8 Å². The quantitative estimate of drug-likeness (QED) is 0.403. The molecule has 0 spiro atoms. The van der Waals surface area contributed by atoms with Crippen LogP contribution in [0.15, 0.2) is 60.7 Å². The number of hydrogen-bond acceptors (Lipinski definition) is 2. The summed E-state index contributed by atoms with van der Waals surface area (Å²) in [6.45, 7) is 7.84. The summed E-state index contributed by atoms with van der Waals surface area (Å²) in [6.07, 6.45) is 0. The minimum absolute atomic E-state index is 0.207. The molecule has 0 radical (unpaired) electrons. The Balaban J connectivity index is 1.63. The molecule has 3 aromatic rings. The van der Waals surface area contributed by atoms with Crippen LogP contribution in [0.25, 0.3) is 0 Å². The number of benzene rings is 3. The zero-order valence-electron chi connectivity index (χ0n) is 17.2. The average molecular weight is 460 g/mol. The molecule has 0 amide bonds. The Morgan fingerprint density at radius 2 is 1.57 bits per heavy atom. The molecule has 4 rings (SSSR count). The summed E-state index contributed by atoms with van der Waals surface area (Å²) in [7, 11) is 0. The normalized spacial score (nSPS) is 17.4. The predicted molar refractivity (Wildman–Crippen MR) is 129 cm³/mol. The molecule has 30 heavy (non-hydrogen) atoms. The summed E-state index contributed by atoms with van der Waals surface area (Å²) >= 11 is 19.0. The molecule has 0 aromatic heterocycles. The topological polar surface area (TPSA) is 6.48 Å². The molecule has 0 bridgehead atoms. The number of hydrogen-bond donors (Lipinski definition) is 0. The minimum atomic E-state index is 0.207. The highest BCUT2D eigenvalue weighted by molar-refractivity contribution is 6.36. The van der Waals surface area contributed by atoms with Crippen LogP contribution in [-0.2, 0) is 6.54 Å². The first kappa shape index (κ1) is 21.5. The lowest BCUT2D eigenvalue weighted by atomic mass is 9.99. The number of nitrogens with zero attached hydrogens (tertiary/aromatic N) is 2. The van der Waals surface area contributed by atoms with Gasteiger partial charge in [0.15, 0.2) is 0 Å². The molecule has 1 fully saturated rings. The SMILES string of the molecule is Cc1ccc(C2CN(Cc3cc(C)cc(Cl)c3)CCN2c2ccc(Cl)cc2Cl)cc1. The van der Waals surface area contributed by atoms with Crippen molar-refractivity contribution in [2.45, 2.75) is 26.4 Å². The fraction of sp³-hybridized carbons (Fsp3) is 0.280. The molecule has 2 nitrogen and oxygen atoms in total. The summed E-state index contributed by atoms with van der Waals surface area (Å²) in [5.74, 6) is 0. The number of piperazine rings is 1. The molecule has 0 aliphatic carbocycles. The van der Waals surface area contributed by atoms with Gasteiger partial charge in [-0.1, -0.05) is 70.7 Å². The smallest absolute Gasteiger partial charge is 0.0670 e. The molecule has 0 saturated carbocycles. The average Bonchev–Trinajstić information content (AvgIpc) is 2.68. The van der Waals surface area contributed by atoms with Gasteiger partial charge in [-0.15, -0.1) is 0 Å². The van der Waals surface area contributed by atoms with Crippen molar-refractivity contribution in [2.24, 2.45) is 0 Å². The van der Waals surface area contributed by atoms with E-state index in [0.717, 1.165) is 36.9 Å². The Morgan fingerprint density at radius 1 is 0.800 bits per heavy atom. The fourth-order valence-electron chi connectivity index (χ4n) is 4.22. The zero-order chi connectivity index (χ0) is 21.3. The van der Waals surface area contributed by atoms with E-state index in [0.29, 0.717) is 10.0 Å². The molecule has 1 unspecified atom stereocenters. The Morgan fingerprint density at radius 3 is 2.27 bits per heavy atom. The van der Waals surface area contributed by atoms with Crippen molar-refractivity contribution < 1.29 is 0 Å². The zero-order valence-corrected chi connectivity index (χ0v) is 19.5. The van der Waals surface area contributed by atoms with E-state index in [-0.39, 0.29) is 6.04 Å². The minimum Gasteiger partial charge on any atom is -0.361 e. The van der Waals surface area contributed by atoms with Gasteiger partial charge in [-0.25, -0.2) is 0 Å². The summed E-state index contributed by atoms with van der Waals surface area (Å²) in [5.41, 5.74) is 6.03. The number of aryl methyl sites for hydroxylation is 2. The summed E-state index contributed by atoms with van der Waals surface area (Å²) in [6, 6.07) is 21.1. The van der Waals surface area contributed by atoms with Crippen molar-refractivity contribution >= 4 is 40.5 Å². The first-order valence-electron chi connectivity index (χ1n) is 10.2. The van der Waals surface area contributed by atoms with Gasteiger partial charge >= 0.3 is 0 Å². The van der Waals surface area contributed by atoms with Gasteiger partial charge in [0.2, 0.25) is 0 Å². The van der Waals surface area contributed by atoms with Crippen molar-refractivity contribution in [2.75, 3.05) is 24.5 Å². The van der Waals surface area contributed by atoms with Crippen LogP contribution in [0.1, 0.15) is 28.3 Å². The Hall–Kier alpha value is -1.71. The van der Waals surface area contributed by atoms with Crippen LogP contribution in [0, 0.1) is 13.8 Å². The van der Waals surface area contributed by atoms with Gasteiger partial charge in [0, 0.05) is 36.2 Å². The number of anilines is 1. The lowest BCUT2D eigenvalue weighted by molar-refractivity contribution is 0.215. The number of halogens is 3. The molecular weight excluding hydrogens is 435 g/mol. The first-order chi connectivity index (χ1) is 14.4. The van der Waals surface area contributed by atoms with Gasteiger partial charge in [-0.05, 0) is 60.9 Å². The van der Waals surface area contributed by atoms with E-state index in [1.807, 2.05) is 24.3 Å². The third kappa shape index (κ3) is 4.95. The molecule has 1 aliphatic heterocycles. The molecule has 0 N–H and O–H groups in total. The summed E-state index contributed by atoms with van der Waals surface area (Å²) in [5, 5.41) is 2.15. The predicted octanol–water partition coefficient (Wildman–Crippen LogP) is 7.33. The van der Waals surface area contributed by atoms with Gasteiger partial charge in [0.1, 0.15) is 0 Å². The second kappa shape index (κ2) is 9.20. The lowest BCUT2D eigenvalue weighted by Crippen LogP contribution is -2.48. The molecule has 1 saturated heterocycles. The molecule has 3 aromatic carbocycles. The van der Waals surface area contributed by atoms with Gasteiger partial charge in [0.25, 0.3) is 0 Å². The van der Waals surface area contributed by atoms with E-state index in [1.54, 1.807) is 0 Å². The third-order valence-electron chi connectivity index (χ3n) is 5.65. The highest BCUT2D eigenvalue weighted by Crippen LogP contribution is 2.37. The van der Waals surface area contributed by atoms with Crippen molar-refractivity contribution in [1.82, 2.24) is 4.90 Å². The lowest BCUT2D eigenvalue weighted by Gasteiger charge is -2.43. The van der Waals surface area contributed by atoms with Crippen LogP contribution in [0.5, 0.6) is 0 Å². The van der Waals surface area contributed by atoms with Crippen LogP contribution in [0.2, 0.25) is 15.1 Å². The van der Waals surface area contributed by atoms with E-state index < -0.39 is 0 Å². The molecule has 1 atom stereocenters. The van der Waals surface area contributed by atoms with E-state index in [2.05, 4.69) is 60.0 Å². The Labute approximate surface area is 194 Å². The standard InChI is InChI=1S/C25H25Cl3N2/c1-17-3-5-20(6-4-17)25-16-29(15-19-11-18(2)12-22(27)13-19)9-10-30(25)24-8-7-21(26)14-23(24)28/h3-8,11-14,25H,9-10,15-16H2,1-2H3. The Bertz CT molecular complexity index is 1010. The van der Waals surface area contributed by atoms with Crippen molar-refractivity contribution in [3.63, 3.8) is 0 Å². The summed E-state index contributed by atoms with van der Waals surface area (Å²) in [4.78, 5) is 4.90. The molecule has 5 heteroatoms. The summed E-state index contributed by atoms with van der Waals surface area (Å²) < 4.78 is 0. The first-order valence-corrected chi connectivity index (χ1v) is 11.3. The van der Waals surface area contributed by atoms with Crippen molar-refractivity contribution in [1.29, 1.82) is 0 Å². The highest BCUT2D eigenvalue weighted by atomic mass is 35.5. The van der Waals surface area contributed by atoms with E-state index >= 15 is 0 Å². The van der Waals surface area contributed by atoms with Crippen molar-refractivity contribution in [3.05, 3.63) is 98.0 Å². The largest absolute Gasteiger partial charge is 0.361 e. The van der Waals surface area contributed by atoms with Gasteiger partial charge in [0.05, 0.1) is 16.8 Å². The van der Waals surface area contributed by atoms with E-state index in [9.17, 15) is 0 Å². The molecular formula is C25H25Cl3N2. The van der Waals surface area contributed by atoms with Gasteiger partial charge in [-0.2, -0.15) is 0 Å². The van der Waals surface area contributed by atoms with Crippen LogP contribution in [0.4, 0.5) is 5.69 Å². The van der Waals surface area contributed by atoms with Crippen LogP contribution in [0.3, 0.4) is 0 Å². The van der Waals surface area contributed by atoms with Crippen molar-refractivity contribution in [3.8, 4) is 0 Å². The van der Waals surface area contributed by atoms with E-state index in [1.165, 1.54) is 22.3 Å². The second-order valence-corrected chi connectivity index (χ2v) is 9.37. The highest BCUT2D eigenvalue weighted by Gasteiger charge is 2.29. The maximum atomic E-state index is 6.59.